The first-order valence-electron chi connectivity index (χ1n) is 4.86. The second-order valence-corrected chi connectivity index (χ2v) is 4.57. The molecule has 0 aromatic heterocycles. The third kappa shape index (κ3) is 4.11. The maximum absolute atomic E-state index is 11.6. The number of hydrogen-bond acceptors (Lipinski definition) is 3. The Morgan fingerprint density at radius 3 is 2.53 bits per heavy atom. The lowest BCUT2D eigenvalue weighted by atomic mass is 10.2. The Morgan fingerprint density at radius 2 is 2.00 bits per heavy atom. The number of carbonyl (C=O) groups excluding carboxylic acids is 1. The van der Waals surface area contributed by atoms with Crippen molar-refractivity contribution in [2.24, 2.45) is 27.2 Å². The first-order valence-corrected chi connectivity index (χ1v) is 6.03. The van der Waals surface area contributed by atoms with Gasteiger partial charge in [0.05, 0.1) is 18.4 Å². The van der Waals surface area contributed by atoms with Crippen LogP contribution in [0.3, 0.4) is 0 Å². The van der Waals surface area contributed by atoms with Gasteiger partial charge in [0.25, 0.3) is 0 Å². The summed E-state index contributed by atoms with van der Waals surface area (Å²) in [5.74, 6) is -1.06. The molecule has 9 heteroatoms. The minimum atomic E-state index is -0.612. The van der Waals surface area contributed by atoms with Gasteiger partial charge in [0, 0.05) is 9.50 Å². The van der Waals surface area contributed by atoms with Gasteiger partial charge in [0.15, 0.2) is 5.96 Å². The lowest BCUT2D eigenvalue weighted by Crippen LogP contribution is -2.26. The van der Waals surface area contributed by atoms with Crippen LogP contribution in [0.5, 0.6) is 0 Å². The number of esters is 1. The summed E-state index contributed by atoms with van der Waals surface area (Å²) in [4.78, 5) is 19.2. The molecule has 0 bridgehead atoms. The number of benzene rings is 1. The zero-order chi connectivity index (χ0) is 14.6. The second-order valence-electron chi connectivity index (χ2n) is 3.28. The monoisotopic (exact) mass is 347 g/mol. The molecule has 0 saturated heterocycles. The molecule has 0 heterocycles. The number of ether oxygens (including phenoxy) is 1. The van der Waals surface area contributed by atoms with E-state index in [9.17, 15) is 4.79 Å². The first kappa shape index (κ1) is 15.3. The molecule has 0 unspecified atom stereocenters. The standard InChI is InChI=1S/C10H11BrClN5O2/c1-19-8(18)5-2-4(12)3-6(11)7(5)16-10(15)17-9(13)14/h2-3H,1H3,(H6,13,14,15,16,17). The van der Waals surface area contributed by atoms with E-state index in [1.807, 2.05) is 0 Å². The first-order chi connectivity index (χ1) is 8.85. The average Bonchev–Trinajstić information content (AvgIpc) is 2.30. The average molecular weight is 349 g/mol. The second kappa shape index (κ2) is 6.39. The highest BCUT2D eigenvalue weighted by atomic mass is 79.9. The van der Waals surface area contributed by atoms with E-state index in [1.165, 1.54) is 13.2 Å². The van der Waals surface area contributed by atoms with Crippen LogP contribution in [0.1, 0.15) is 10.4 Å². The molecule has 0 fully saturated rings. The minimum Gasteiger partial charge on any atom is -0.465 e. The van der Waals surface area contributed by atoms with Crippen molar-refractivity contribution in [3.05, 3.63) is 27.2 Å². The number of aliphatic imine (C=N–C) groups is 2. The van der Waals surface area contributed by atoms with E-state index in [2.05, 4.69) is 30.7 Å². The van der Waals surface area contributed by atoms with Crippen LogP contribution in [-0.2, 0) is 4.74 Å². The Balaban J connectivity index is 3.41. The topological polar surface area (TPSA) is 129 Å². The molecule has 0 aliphatic carbocycles. The summed E-state index contributed by atoms with van der Waals surface area (Å²) in [6.45, 7) is 0. The number of nitrogens with two attached hydrogens (primary N) is 3. The van der Waals surface area contributed by atoms with Gasteiger partial charge >= 0.3 is 5.97 Å². The van der Waals surface area contributed by atoms with Gasteiger partial charge in [-0.15, -0.1) is 0 Å². The zero-order valence-corrected chi connectivity index (χ0v) is 12.2. The van der Waals surface area contributed by atoms with E-state index in [-0.39, 0.29) is 23.2 Å². The van der Waals surface area contributed by atoms with Gasteiger partial charge in [0.2, 0.25) is 5.96 Å². The van der Waals surface area contributed by atoms with Crippen molar-refractivity contribution in [2.75, 3.05) is 7.11 Å². The molecule has 0 aliphatic rings. The minimum absolute atomic E-state index is 0.135. The molecule has 0 amide bonds. The molecular weight excluding hydrogens is 338 g/mol. The van der Waals surface area contributed by atoms with Crippen molar-refractivity contribution in [2.45, 2.75) is 0 Å². The number of carbonyl (C=O) groups is 1. The Bertz CT molecular complexity index is 569. The molecule has 7 nitrogen and oxygen atoms in total. The summed E-state index contributed by atoms with van der Waals surface area (Å²) in [6, 6.07) is 2.95. The van der Waals surface area contributed by atoms with Crippen molar-refractivity contribution in [3.8, 4) is 0 Å². The van der Waals surface area contributed by atoms with Crippen LogP contribution in [0.15, 0.2) is 26.6 Å². The number of nitrogens with zero attached hydrogens (tertiary/aromatic N) is 2. The third-order valence-electron chi connectivity index (χ3n) is 1.90. The van der Waals surface area contributed by atoms with Crippen LogP contribution < -0.4 is 17.2 Å². The van der Waals surface area contributed by atoms with Gasteiger partial charge in [0.1, 0.15) is 0 Å². The smallest absolute Gasteiger partial charge is 0.340 e. The van der Waals surface area contributed by atoms with Gasteiger partial charge in [-0.25, -0.2) is 9.79 Å². The lowest BCUT2D eigenvalue weighted by molar-refractivity contribution is 0.0601. The lowest BCUT2D eigenvalue weighted by Gasteiger charge is -2.07. The molecule has 0 spiro atoms. The van der Waals surface area contributed by atoms with Crippen molar-refractivity contribution in [1.82, 2.24) is 0 Å². The fourth-order valence-corrected chi connectivity index (χ4v) is 2.12. The Kier molecular flexibility index (Phi) is 5.13. The van der Waals surface area contributed by atoms with E-state index in [4.69, 9.17) is 28.8 Å². The van der Waals surface area contributed by atoms with Gasteiger partial charge in [-0.3, -0.25) is 0 Å². The van der Waals surface area contributed by atoms with Crippen LogP contribution >= 0.6 is 27.5 Å². The molecule has 0 atom stereocenters. The number of guanidine groups is 2. The summed E-state index contributed by atoms with van der Waals surface area (Å²) >= 11 is 9.08. The molecule has 1 rings (SSSR count). The molecule has 0 saturated carbocycles. The largest absolute Gasteiger partial charge is 0.465 e. The Labute approximate surface area is 122 Å². The Morgan fingerprint density at radius 1 is 1.37 bits per heavy atom. The summed E-state index contributed by atoms with van der Waals surface area (Å²) in [5.41, 5.74) is 16.2. The predicted octanol–water partition coefficient (Wildman–Crippen LogP) is 1.11. The molecule has 0 radical (unpaired) electrons. The van der Waals surface area contributed by atoms with Crippen LogP contribution in [-0.4, -0.2) is 25.0 Å². The maximum Gasteiger partial charge on any atom is 0.340 e. The predicted molar refractivity (Wildman–Crippen MR) is 77.6 cm³/mol. The van der Waals surface area contributed by atoms with Crippen LogP contribution in [0.25, 0.3) is 0 Å². The van der Waals surface area contributed by atoms with Crippen molar-refractivity contribution in [3.63, 3.8) is 0 Å². The summed E-state index contributed by atoms with van der Waals surface area (Å²) < 4.78 is 5.09. The molecule has 102 valence electrons. The van der Waals surface area contributed by atoms with E-state index < -0.39 is 5.97 Å². The normalized spacial score (nSPS) is 11.0. The van der Waals surface area contributed by atoms with Crippen molar-refractivity contribution >= 4 is 51.1 Å². The van der Waals surface area contributed by atoms with Gasteiger partial charge in [-0.1, -0.05) is 11.6 Å². The number of hydrogen-bond donors (Lipinski definition) is 3. The highest BCUT2D eigenvalue weighted by Crippen LogP contribution is 2.33. The molecule has 1 aromatic rings. The fraction of sp³-hybridized carbons (Fsp3) is 0.100. The van der Waals surface area contributed by atoms with Gasteiger partial charge in [-0.05, 0) is 28.1 Å². The molecule has 6 N–H and O–H groups in total. The third-order valence-corrected chi connectivity index (χ3v) is 2.73. The molecule has 0 aliphatic heterocycles. The number of halogens is 2. The molecular formula is C10H11BrClN5O2. The van der Waals surface area contributed by atoms with Gasteiger partial charge < -0.3 is 21.9 Å². The highest BCUT2D eigenvalue weighted by Gasteiger charge is 2.16. The zero-order valence-electron chi connectivity index (χ0n) is 9.85. The SMILES string of the molecule is COC(=O)c1cc(Cl)cc(Br)c1N=C(N)N=C(N)N. The number of methoxy groups -OCH3 is 1. The summed E-state index contributed by atoms with van der Waals surface area (Å²) in [7, 11) is 1.24. The van der Waals surface area contributed by atoms with Crippen LogP contribution in [0, 0.1) is 0 Å². The van der Waals surface area contributed by atoms with Gasteiger partial charge in [-0.2, -0.15) is 4.99 Å². The molecule has 1 aromatic carbocycles. The molecule has 19 heavy (non-hydrogen) atoms. The van der Waals surface area contributed by atoms with Crippen LogP contribution in [0.4, 0.5) is 5.69 Å². The van der Waals surface area contributed by atoms with E-state index in [0.29, 0.717) is 9.50 Å². The number of rotatable bonds is 2. The Hall–Kier alpha value is -1.80. The quantitative estimate of drug-likeness (QED) is 0.419. The highest BCUT2D eigenvalue weighted by molar-refractivity contribution is 9.10. The summed E-state index contributed by atoms with van der Waals surface area (Å²) in [6.07, 6.45) is 0. The van der Waals surface area contributed by atoms with Crippen LogP contribution in [0.2, 0.25) is 5.02 Å². The summed E-state index contributed by atoms with van der Waals surface area (Å²) in [5, 5.41) is 0.339. The van der Waals surface area contributed by atoms with E-state index >= 15 is 0 Å². The fourth-order valence-electron chi connectivity index (χ4n) is 1.22. The van der Waals surface area contributed by atoms with E-state index in [1.54, 1.807) is 6.07 Å². The van der Waals surface area contributed by atoms with Crippen molar-refractivity contribution < 1.29 is 9.53 Å². The van der Waals surface area contributed by atoms with E-state index in [0.717, 1.165) is 0 Å². The maximum atomic E-state index is 11.6. The van der Waals surface area contributed by atoms with Crippen molar-refractivity contribution in [1.29, 1.82) is 0 Å².